The average molecular weight is 634 g/mol. The maximum Gasteiger partial charge on any atom is 0.224 e. The number of carbonyl (C=O) groups is 1. The number of carbonyl (C=O) groups excluding carboxylic acids is 1. The molecule has 0 bridgehead atoms. The molecule has 0 saturated heterocycles. The van der Waals surface area contributed by atoms with Gasteiger partial charge in [0.25, 0.3) is 0 Å². The van der Waals surface area contributed by atoms with Gasteiger partial charge in [-0.25, -0.2) is 0 Å². The number of benzene rings is 4. The van der Waals surface area contributed by atoms with Crippen molar-refractivity contribution in [2.75, 3.05) is 6.54 Å². The molecule has 2 aliphatic rings. The SMILES string of the molecule is CC1=[N+](CCc2ccccc2)/C(=C2\C(=O)C(c3cc(Oc4ccccc4)c(C)n3CCc3ccccc3)=C2O)C=C1Oc1ccccc1. The van der Waals surface area contributed by atoms with Gasteiger partial charge in [0.1, 0.15) is 28.6 Å². The van der Waals surface area contributed by atoms with Crippen LogP contribution in [0.2, 0.25) is 0 Å². The van der Waals surface area contributed by atoms with Crippen LogP contribution in [0.4, 0.5) is 0 Å². The summed E-state index contributed by atoms with van der Waals surface area (Å²) >= 11 is 0. The van der Waals surface area contributed by atoms with Crippen LogP contribution < -0.4 is 9.47 Å². The van der Waals surface area contributed by atoms with Crippen molar-refractivity contribution in [2.45, 2.75) is 33.2 Å². The topological polar surface area (TPSA) is 63.7 Å². The van der Waals surface area contributed by atoms with Crippen LogP contribution in [0.1, 0.15) is 29.4 Å². The summed E-state index contributed by atoms with van der Waals surface area (Å²) in [5.74, 6) is 2.47. The van der Waals surface area contributed by atoms with Crippen molar-refractivity contribution >= 4 is 17.1 Å². The van der Waals surface area contributed by atoms with Crippen molar-refractivity contribution in [3.05, 3.63) is 179 Å². The number of hydrogen-bond donors (Lipinski definition) is 1. The largest absolute Gasteiger partial charge is 0.506 e. The summed E-state index contributed by atoms with van der Waals surface area (Å²) in [5, 5.41) is 11.8. The molecular weight excluding hydrogens is 596 g/mol. The molecule has 48 heavy (non-hydrogen) atoms. The lowest BCUT2D eigenvalue weighted by molar-refractivity contribution is -0.469. The first-order valence-corrected chi connectivity index (χ1v) is 16.3. The lowest BCUT2D eigenvalue weighted by atomic mass is 9.84. The highest BCUT2D eigenvalue weighted by atomic mass is 16.5. The van der Waals surface area contributed by atoms with Gasteiger partial charge in [-0.15, -0.1) is 0 Å². The second kappa shape index (κ2) is 13.5. The highest BCUT2D eigenvalue weighted by Gasteiger charge is 2.45. The Hall–Kier alpha value is -5.88. The number of ketones is 1. The molecule has 6 nitrogen and oxygen atoms in total. The van der Waals surface area contributed by atoms with E-state index < -0.39 is 0 Å². The van der Waals surface area contributed by atoms with E-state index >= 15 is 0 Å². The highest BCUT2D eigenvalue weighted by molar-refractivity contribution is 6.39. The van der Waals surface area contributed by atoms with E-state index in [1.54, 1.807) is 0 Å². The van der Waals surface area contributed by atoms with Crippen molar-refractivity contribution < 1.29 is 24.0 Å². The highest BCUT2D eigenvalue weighted by Crippen LogP contribution is 2.43. The number of aromatic nitrogens is 1. The van der Waals surface area contributed by atoms with Crippen LogP contribution in [-0.4, -0.2) is 32.3 Å². The summed E-state index contributed by atoms with van der Waals surface area (Å²) in [6, 6.07) is 41.5. The van der Waals surface area contributed by atoms with Crippen LogP contribution in [0.15, 0.2) is 156 Å². The molecule has 0 unspecified atom stereocenters. The molecule has 0 fully saturated rings. The first-order chi connectivity index (χ1) is 23.5. The lowest BCUT2D eigenvalue weighted by Gasteiger charge is -2.23. The minimum Gasteiger partial charge on any atom is -0.506 e. The Balaban J connectivity index is 1.28. The van der Waals surface area contributed by atoms with Crippen molar-refractivity contribution in [3.8, 4) is 17.2 Å². The second-order valence-electron chi connectivity index (χ2n) is 12.0. The molecule has 2 heterocycles. The zero-order valence-electron chi connectivity index (χ0n) is 27.1. The van der Waals surface area contributed by atoms with Crippen molar-refractivity contribution in [1.82, 2.24) is 4.57 Å². The number of nitrogens with zero attached hydrogens (tertiary/aromatic N) is 2. The number of allylic oxidation sites excluding steroid dienone is 4. The van der Waals surface area contributed by atoms with E-state index in [0.717, 1.165) is 24.2 Å². The van der Waals surface area contributed by atoms with Crippen LogP contribution in [0, 0.1) is 6.92 Å². The number of aryl methyl sites for hydroxylation is 1. The van der Waals surface area contributed by atoms with Gasteiger partial charge in [0.05, 0.1) is 23.0 Å². The molecule has 238 valence electrons. The van der Waals surface area contributed by atoms with Gasteiger partial charge in [-0.3, -0.25) is 4.79 Å². The minimum absolute atomic E-state index is 0.0190. The summed E-state index contributed by atoms with van der Waals surface area (Å²) in [6.45, 7) is 5.21. The van der Waals surface area contributed by atoms with Gasteiger partial charge >= 0.3 is 0 Å². The van der Waals surface area contributed by atoms with E-state index in [0.29, 0.717) is 58.6 Å². The van der Waals surface area contributed by atoms with Crippen molar-refractivity contribution in [3.63, 3.8) is 0 Å². The molecule has 4 aromatic carbocycles. The smallest absolute Gasteiger partial charge is 0.224 e. The van der Waals surface area contributed by atoms with E-state index in [-0.39, 0.29) is 11.5 Å². The maximum atomic E-state index is 14.2. The van der Waals surface area contributed by atoms with Gasteiger partial charge in [-0.1, -0.05) is 97.1 Å². The third-order valence-electron chi connectivity index (χ3n) is 8.96. The zero-order chi connectivity index (χ0) is 33.0. The standard InChI is InChI=1S/C42H36N2O4/c1-29-37(47-33-19-11-5-12-20-33)27-35(43(29)25-23-31-15-7-3-8-16-31)39-41(45)40(42(39)46)36-28-38(48-34-21-13-6-14-22-34)30(2)44(36)26-24-32-17-9-4-10-18-32/h3-22,27-28H,23-26H2,1-2H3/p+1. The van der Waals surface area contributed by atoms with Crippen LogP contribution in [0.3, 0.4) is 0 Å². The fraction of sp³-hybridized carbons (Fsp3) is 0.143. The number of ether oxygens (including phenoxy) is 2. The fourth-order valence-corrected chi connectivity index (χ4v) is 6.32. The predicted octanol–water partition coefficient (Wildman–Crippen LogP) is 8.63. The Kier molecular flexibility index (Phi) is 8.63. The number of aliphatic hydroxyl groups is 1. The predicted molar refractivity (Wildman–Crippen MR) is 189 cm³/mol. The van der Waals surface area contributed by atoms with E-state index in [1.807, 2.05) is 123 Å². The Morgan fingerprint density at radius 1 is 0.688 bits per heavy atom. The van der Waals surface area contributed by atoms with Gasteiger partial charge in [0.2, 0.25) is 17.2 Å². The van der Waals surface area contributed by atoms with Crippen molar-refractivity contribution in [1.29, 1.82) is 0 Å². The molecule has 1 N–H and O–H groups in total. The first kappa shape index (κ1) is 30.8. The van der Waals surface area contributed by atoms with Crippen LogP contribution in [-0.2, 0) is 24.2 Å². The summed E-state index contributed by atoms with van der Waals surface area (Å²) in [4.78, 5) is 14.2. The van der Waals surface area contributed by atoms with E-state index in [2.05, 4.69) is 33.4 Å². The summed E-state index contributed by atoms with van der Waals surface area (Å²) < 4.78 is 16.7. The molecule has 0 amide bonds. The Labute approximate surface area is 280 Å². The molecule has 6 heteroatoms. The molecule has 1 aliphatic carbocycles. The fourth-order valence-electron chi connectivity index (χ4n) is 6.32. The monoisotopic (exact) mass is 633 g/mol. The quantitative estimate of drug-likeness (QED) is 0.117. The van der Waals surface area contributed by atoms with Gasteiger partial charge in [0, 0.05) is 26.0 Å². The van der Waals surface area contributed by atoms with Gasteiger partial charge in [-0.05, 0) is 48.7 Å². The zero-order valence-corrected chi connectivity index (χ0v) is 27.1. The Morgan fingerprint density at radius 3 is 1.81 bits per heavy atom. The number of rotatable bonds is 11. The number of aliphatic hydroxyl groups excluding tert-OH is 1. The van der Waals surface area contributed by atoms with Crippen LogP contribution in [0.25, 0.3) is 5.57 Å². The molecule has 1 aromatic heterocycles. The van der Waals surface area contributed by atoms with E-state index in [4.69, 9.17) is 9.47 Å². The number of para-hydroxylation sites is 2. The first-order valence-electron chi connectivity index (χ1n) is 16.3. The third-order valence-corrected chi connectivity index (χ3v) is 8.96. The molecule has 0 saturated carbocycles. The normalized spacial score (nSPS) is 15.9. The molecule has 0 spiro atoms. The van der Waals surface area contributed by atoms with E-state index in [1.165, 1.54) is 11.1 Å². The van der Waals surface area contributed by atoms with E-state index in [9.17, 15) is 9.90 Å². The molecular formula is C42H37N2O4+. The molecule has 0 atom stereocenters. The maximum absolute atomic E-state index is 14.2. The Morgan fingerprint density at radius 2 is 1.23 bits per heavy atom. The number of Topliss-reactive ketones (excluding diaryl/α,β-unsaturated/α-hetero) is 1. The van der Waals surface area contributed by atoms with Crippen molar-refractivity contribution in [2.24, 2.45) is 0 Å². The summed E-state index contributed by atoms with van der Waals surface area (Å²) in [7, 11) is 0. The van der Waals surface area contributed by atoms with Gasteiger partial charge in [-0.2, -0.15) is 4.58 Å². The second-order valence-corrected chi connectivity index (χ2v) is 12.0. The Bertz CT molecular complexity index is 2090. The summed E-state index contributed by atoms with van der Waals surface area (Å²) in [6.07, 6.45) is 3.39. The summed E-state index contributed by atoms with van der Waals surface area (Å²) in [5.41, 5.74) is 6.00. The van der Waals surface area contributed by atoms with Crippen LogP contribution in [0.5, 0.6) is 17.2 Å². The van der Waals surface area contributed by atoms with Crippen LogP contribution >= 0.6 is 0 Å². The van der Waals surface area contributed by atoms with Gasteiger partial charge < -0.3 is 19.1 Å². The minimum atomic E-state index is -0.207. The third kappa shape index (κ3) is 6.13. The lowest BCUT2D eigenvalue weighted by Crippen LogP contribution is -2.28. The molecule has 1 aliphatic heterocycles. The average Bonchev–Trinajstić information content (AvgIpc) is 3.58. The molecule has 7 rings (SSSR count). The number of hydrogen-bond acceptors (Lipinski definition) is 4. The molecule has 0 radical (unpaired) electrons. The molecule has 5 aromatic rings. The van der Waals surface area contributed by atoms with Gasteiger partial charge in [0.15, 0.2) is 12.3 Å².